The van der Waals surface area contributed by atoms with Crippen molar-refractivity contribution in [1.82, 2.24) is 9.29 Å². The Balaban J connectivity index is 2.38. The first-order valence-corrected chi connectivity index (χ1v) is 10.5. The highest BCUT2D eigenvalue weighted by Gasteiger charge is 2.20. The Morgan fingerprint density at radius 2 is 1.89 bits per heavy atom. The van der Waals surface area contributed by atoms with Crippen LogP contribution in [-0.2, 0) is 21.4 Å². The van der Waals surface area contributed by atoms with Gasteiger partial charge in [-0.05, 0) is 43.7 Å². The summed E-state index contributed by atoms with van der Waals surface area (Å²) in [4.78, 5) is 25.4. The summed E-state index contributed by atoms with van der Waals surface area (Å²) in [5, 5.41) is 1.01. The lowest BCUT2D eigenvalue weighted by molar-refractivity contribution is -0.119. The van der Waals surface area contributed by atoms with Crippen LogP contribution < -0.4 is 14.9 Å². The smallest absolute Gasteiger partial charge is 0.253 e. The van der Waals surface area contributed by atoms with E-state index in [-0.39, 0.29) is 28.5 Å². The highest BCUT2D eigenvalue weighted by atomic mass is 35.5. The van der Waals surface area contributed by atoms with Gasteiger partial charge in [0.1, 0.15) is 6.54 Å². The molecule has 7 nitrogen and oxygen atoms in total. The number of hydrogen-bond acceptors (Lipinski definition) is 5. The van der Waals surface area contributed by atoms with Crippen LogP contribution in [0, 0.1) is 6.92 Å². The molecule has 0 aliphatic carbocycles. The number of fused-ring (bicyclic) bond motifs is 2. The van der Waals surface area contributed by atoms with Crippen LogP contribution in [0.15, 0.2) is 35.1 Å². The van der Waals surface area contributed by atoms with Gasteiger partial charge in [0, 0.05) is 5.39 Å². The zero-order valence-electron chi connectivity index (χ0n) is 15.6. The number of aromatic nitrogens is 1. The van der Waals surface area contributed by atoms with Crippen LogP contribution in [0.3, 0.4) is 0 Å². The average molecular weight is 423 g/mol. The van der Waals surface area contributed by atoms with Gasteiger partial charge in [-0.2, -0.15) is 0 Å². The number of benzene rings is 2. The van der Waals surface area contributed by atoms with E-state index >= 15 is 0 Å². The van der Waals surface area contributed by atoms with E-state index in [1.165, 1.54) is 14.0 Å². The zero-order chi connectivity index (χ0) is 20.6. The Bertz CT molecular complexity index is 1270. The van der Waals surface area contributed by atoms with Crippen molar-refractivity contribution in [2.45, 2.75) is 20.4 Å². The normalized spacial score (nSPS) is 11.7. The number of carbonyl (C=O) groups is 1. The van der Waals surface area contributed by atoms with Crippen molar-refractivity contribution in [1.29, 1.82) is 0 Å². The maximum absolute atomic E-state index is 13.0. The molecule has 1 amide bonds. The largest absolute Gasteiger partial charge is 0.493 e. The number of sulfonamides is 1. The molecule has 1 heterocycles. The molecule has 0 fully saturated rings. The highest BCUT2D eigenvalue weighted by Crippen LogP contribution is 2.34. The fourth-order valence-corrected chi connectivity index (χ4v) is 3.89. The van der Waals surface area contributed by atoms with Crippen LogP contribution in [-0.4, -0.2) is 31.8 Å². The first-order valence-electron chi connectivity index (χ1n) is 8.51. The molecule has 0 spiro atoms. The van der Waals surface area contributed by atoms with Gasteiger partial charge in [0.15, 0.2) is 11.2 Å². The van der Waals surface area contributed by atoms with Crippen LogP contribution in [0.2, 0.25) is 5.02 Å². The Kier molecular flexibility index (Phi) is 5.36. The summed E-state index contributed by atoms with van der Waals surface area (Å²) in [5.74, 6) is -0.707. The number of carbonyl (C=O) groups excluding carboxylic acids is 1. The van der Waals surface area contributed by atoms with Gasteiger partial charge in [-0.3, -0.25) is 14.3 Å². The van der Waals surface area contributed by atoms with Crippen LogP contribution >= 0.6 is 11.6 Å². The summed E-state index contributed by atoms with van der Waals surface area (Å²) in [5.41, 5.74) is 1.48. The van der Waals surface area contributed by atoms with Crippen molar-refractivity contribution in [3.8, 4) is 5.75 Å². The van der Waals surface area contributed by atoms with E-state index in [1.807, 2.05) is 11.6 Å². The molecule has 0 atom stereocenters. The van der Waals surface area contributed by atoms with Gasteiger partial charge in [0.2, 0.25) is 10.0 Å². The number of halogens is 1. The van der Waals surface area contributed by atoms with E-state index in [0.717, 1.165) is 5.56 Å². The standard InChI is InChI=1S/C19H19ClN2O5S/c1-4-28(25,26)21-16(23)10-22-15-9-11(2)5-6-12(15)18(24)13-7-8-14(20)19(27-3)17(13)22/h5-9H,4,10H2,1-3H3,(H,21,23). The topological polar surface area (TPSA) is 94.5 Å². The number of rotatable bonds is 5. The first-order chi connectivity index (χ1) is 13.2. The van der Waals surface area contributed by atoms with Gasteiger partial charge in [-0.25, -0.2) is 8.42 Å². The van der Waals surface area contributed by atoms with Gasteiger partial charge in [0.25, 0.3) is 5.91 Å². The van der Waals surface area contributed by atoms with Crippen molar-refractivity contribution in [2.75, 3.05) is 12.9 Å². The number of hydrogen-bond donors (Lipinski definition) is 1. The molecular weight excluding hydrogens is 404 g/mol. The maximum Gasteiger partial charge on any atom is 0.253 e. The minimum Gasteiger partial charge on any atom is -0.493 e. The predicted octanol–water partition coefficient (Wildman–Crippen LogP) is 2.59. The monoisotopic (exact) mass is 422 g/mol. The maximum atomic E-state index is 13.0. The second-order valence-corrected chi connectivity index (χ2v) is 8.76. The second-order valence-electron chi connectivity index (χ2n) is 6.34. The summed E-state index contributed by atoms with van der Waals surface area (Å²) in [7, 11) is -2.30. The number of amides is 1. The molecule has 0 bridgehead atoms. The van der Waals surface area contributed by atoms with E-state index in [1.54, 1.807) is 34.9 Å². The van der Waals surface area contributed by atoms with Gasteiger partial charge < -0.3 is 9.30 Å². The summed E-state index contributed by atoms with van der Waals surface area (Å²) in [6.07, 6.45) is 0. The van der Waals surface area contributed by atoms with E-state index in [2.05, 4.69) is 0 Å². The van der Waals surface area contributed by atoms with Crippen molar-refractivity contribution in [3.05, 3.63) is 51.1 Å². The minimum atomic E-state index is -3.72. The van der Waals surface area contributed by atoms with Crippen LogP contribution in [0.4, 0.5) is 0 Å². The van der Waals surface area contributed by atoms with Gasteiger partial charge >= 0.3 is 0 Å². The summed E-state index contributed by atoms with van der Waals surface area (Å²) < 4.78 is 32.5. The van der Waals surface area contributed by atoms with E-state index in [0.29, 0.717) is 21.8 Å². The van der Waals surface area contributed by atoms with E-state index < -0.39 is 15.9 Å². The number of aryl methyl sites for hydroxylation is 1. The number of nitrogens with zero attached hydrogens (tertiary/aromatic N) is 1. The molecule has 0 saturated heterocycles. The lowest BCUT2D eigenvalue weighted by Crippen LogP contribution is -2.34. The minimum absolute atomic E-state index is 0.224. The molecule has 0 saturated carbocycles. The van der Waals surface area contributed by atoms with Crippen molar-refractivity contribution in [2.24, 2.45) is 0 Å². The van der Waals surface area contributed by atoms with Crippen LogP contribution in [0.1, 0.15) is 12.5 Å². The molecule has 0 aliphatic heterocycles. The third-order valence-corrected chi connectivity index (χ3v) is 6.04. The fourth-order valence-electron chi connectivity index (χ4n) is 3.10. The second kappa shape index (κ2) is 7.44. The predicted molar refractivity (Wildman–Crippen MR) is 110 cm³/mol. The molecule has 0 radical (unpaired) electrons. The lowest BCUT2D eigenvalue weighted by Gasteiger charge is -2.18. The summed E-state index contributed by atoms with van der Waals surface area (Å²) in [6, 6.07) is 8.37. The Hall–Kier alpha value is -2.58. The highest BCUT2D eigenvalue weighted by molar-refractivity contribution is 7.90. The first kappa shape index (κ1) is 20.2. The SMILES string of the molecule is CCS(=O)(=O)NC(=O)Cn1c2cc(C)ccc2c(=O)c2ccc(Cl)c(OC)c21. The van der Waals surface area contributed by atoms with Gasteiger partial charge in [-0.1, -0.05) is 17.7 Å². The molecule has 148 valence electrons. The molecule has 9 heteroatoms. The van der Waals surface area contributed by atoms with Gasteiger partial charge in [-0.15, -0.1) is 0 Å². The Morgan fingerprint density at radius 3 is 2.54 bits per heavy atom. The fraction of sp³-hybridized carbons (Fsp3) is 0.263. The summed E-state index contributed by atoms with van der Waals surface area (Å²) in [6.45, 7) is 2.97. The Morgan fingerprint density at radius 1 is 1.21 bits per heavy atom. The molecular formula is C19H19ClN2O5S. The average Bonchev–Trinajstić information content (AvgIpc) is 2.64. The zero-order valence-corrected chi connectivity index (χ0v) is 17.1. The number of ether oxygens (including phenoxy) is 1. The molecule has 0 unspecified atom stereocenters. The third kappa shape index (κ3) is 3.57. The van der Waals surface area contributed by atoms with Crippen LogP contribution in [0.25, 0.3) is 21.8 Å². The molecule has 1 N–H and O–H groups in total. The van der Waals surface area contributed by atoms with Crippen molar-refractivity contribution >= 4 is 49.3 Å². The summed E-state index contributed by atoms with van der Waals surface area (Å²) >= 11 is 6.24. The number of pyridine rings is 1. The molecule has 3 aromatic rings. The number of methoxy groups -OCH3 is 1. The molecule has 3 rings (SSSR count). The molecule has 2 aromatic carbocycles. The lowest BCUT2D eigenvalue weighted by atomic mass is 10.1. The molecule has 0 aliphatic rings. The molecule has 1 aromatic heterocycles. The van der Waals surface area contributed by atoms with Crippen molar-refractivity contribution in [3.63, 3.8) is 0 Å². The quantitative estimate of drug-likeness (QED) is 0.638. The van der Waals surface area contributed by atoms with E-state index in [9.17, 15) is 18.0 Å². The third-order valence-electron chi connectivity index (χ3n) is 4.44. The van der Waals surface area contributed by atoms with Crippen LogP contribution in [0.5, 0.6) is 5.75 Å². The van der Waals surface area contributed by atoms with E-state index in [4.69, 9.17) is 16.3 Å². The van der Waals surface area contributed by atoms with Crippen molar-refractivity contribution < 1.29 is 17.9 Å². The molecule has 28 heavy (non-hydrogen) atoms. The Labute approximate surface area is 166 Å². The van der Waals surface area contributed by atoms with Gasteiger partial charge in [0.05, 0.1) is 34.3 Å². The number of nitrogens with one attached hydrogen (secondary N) is 1.